The van der Waals surface area contributed by atoms with Crippen molar-refractivity contribution in [2.45, 2.75) is 33.9 Å². The maximum atomic E-state index is 12.9. The molecule has 0 aromatic rings. The Hall–Kier alpha value is -1.52. The molecule has 0 aliphatic rings. The molecule has 5 heteroatoms. The van der Waals surface area contributed by atoms with Gasteiger partial charge < -0.3 is 4.74 Å². The number of hydrogen-bond donors (Lipinski definition) is 0. The first-order valence-corrected chi connectivity index (χ1v) is 6.36. The third kappa shape index (κ3) is 5.63. The largest absolute Gasteiger partial charge is 0.466 e. The molecular formula is C15H21F3O2. The Balaban J connectivity index is 5.43. The van der Waals surface area contributed by atoms with Crippen LogP contribution in [-0.4, -0.2) is 18.8 Å². The molecule has 0 N–H and O–H groups in total. The molecule has 0 radical (unpaired) electrons. The molecule has 114 valence electrons. The lowest BCUT2D eigenvalue weighted by atomic mass is 9.86. The van der Waals surface area contributed by atoms with Crippen molar-refractivity contribution in [1.82, 2.24) is 0 Å². The molecule has 0 rings (SSSR count). The number of rotatable bonds is 6. The van der Waals surface area contributed by atoms with E-state index in [2.05, 4.69) is 6.58 Å². The molecule has 0 heterocycles. The molecule has 0 aliphatic heterocycles. The lowest BCUT2D eigenvalue weighted by Crippen LogP contribution is -2.34. The number of alkyl halides is 3. The van der Waals surface area contributed by atoms with E-state index in [1.54, 1.807) is 26.0 Å². The monoisotopic (exact) mass is 290 g/mol. The lowest BCUT2D eigenvalue weighted by molar-refractivity contribution is -0.190. The summed E-state index contributed by atoms with van der Waals surface area (Å²) in [7, 11) is 0. The van der Waals surface area contributed by atoms with Crippen LogP contribution in [0, 0.1) is 11.8 Å². The van der Waals surface area contributed by atoms with Crippen LogP contribution in [0.3, 0.4) is 0 Å². The summed E-state index contributed by atoms with van der Waals surface area (Å²) >= 11 is 0. The second-order valence-electron chi connectivity index (χ2n) is 4.59. The molecule has 2 unspecified atom stereocenters. The summed E-state index contributed by atoms with van der Waals surface area (Å²) in [5.41, 5.74) is 1.11. The highest BCUT2D eigenvalue weighted by Crippen LogP contribution is 2.36. The van der Waals surface area contributed by atoms with Crippen LogP contribution in [-0.2, 0) is 9.53 Å². The predicted octanol–water partition coefficient (Wildman–Crippen LogP) is 4.44. The summed E-state index contributed by atoms with van der Waals surface area (Å²) < 4.78 is 43.3. The van der Waals surface area contributed by atoms with E-state index in [9.17, 15) is 18.0 Å². The average molecular weight is 290 g/mol. The maximum absolute atomic E-state index is 12.9. The van der Waals surface area contributed by atoms with Crippen LogP contribution in [0.2, 0.25) is 0 Å². The van der Waals surface area contributed by atoms with Gasteiger partial charge in [0.2, 0.25) is 0 Å². The van der Waals surface area contributed by atoms with Crippen LogP contribution >= 0.6 is 0 Å². The minimum absolute atomic E-state index is 0.0503. The molecule has 0 aliphatic carbocycles. The van der Waals surface area contributed by atoms with Gasteiger partial charge in [0, 0.05) is 0 Å². The van der Waals surface area contributed by atoms with Gasteiger partial charge >= 0.3 is 12.1 Å². The van der Waals surface area contributed by atoms with E-state index >= 15 is 0 Å². The van der Waals surface area contributed by atoms with Crippen molar-refractivity contribution in [3.63, 3.8) is 0 Å². The second kappa shape index (κ2) is 7.92. The van der Waals surface area contributed by atoms with E-state index < -0.39 is 24.0 Å². The van der Waals surface area contributed by atoms with Crippen LogP contribution in [0.15, 0.2) is 36.0 Å². The van der Waals surface area contributed by atoms with E-state index in [1.807, 2.05) is 0 Å². The molecule has 2 atom stereocenters. The second-order valence-corrected chi connectivity index (χ2v) is 4.59. The molecule has 0 aromatic heterocycles. The Morgan fingerprint density at radius 3 is 2.25 bits per heavy atom. The van der Waals surface area contributed by atoms with E-state index in [1.165, 1.54) is 13.0 Å². The zero-order chi connectivity index (χ0) is 15.9. The highest BCUT2D eigenvalue weighted by Gasteiger charge is 2.45. The van der Waals surface area contributed by atoms with Gasteiger partial charge in [0.15, 0.2) is 0 Å². The Bertz CT molecular complexity index is 406. The quantitative estimate of drug-likeness (QED) is 0.534. The molecule has 0 bridgehead atoms. The first kappa shape index (κ1) is 18.5. The van der Waals surface area contributed by atoms with Gasteiger partial charge in [-0.05, 0) is 20.8 Å². The van der Waals surface area contributed by atoms with Crippen molar-refractivity contribution < 1.29 is 22.7 Å². The fraction of sp³-hybridized carbons (Fsp3) is 0.533. The molecule has 20 heavy (non-hydrogen) atoms. The van der Waals surface area contributed by atoms with Gasteiger partial charge in [-0.3, -0.25) is 4.79 Å². The van der Waals surface area contributed by atoms with Gasteiger partial charge in [0.25, 0.3) is 0 Å². The molecular weight excluding hydrogens is 269 g/mol. The Labute approximate surface area is 118 Å². The highest BCUT2D eigenvalue weighted by molar-refractivity contribution is 5.76. The Kier molecular flexibility index (Phi) is 7.32. The number of carbonyl (C=O) groups is 1. The van der Waals surface area contributed by atoms with Crippen molar-refractivity contribution in [3.8, 4) is 0 Å². The number of allylic oxidation sites excluding steroid dienone is 4. The zero-order valence-electron chi connectivity index (χ0n) is 12.3. The van der Waals surface area contributed by atoms with Crippen molar-refractivity contribution in [3.05, 3.63) is 36.0 Å². The van der Waals surface area contributed by atoms with Crippen molar-refractivity contribution in [1.29, 1.82) is 0 Å². The topological polar surface area (TPSA) is 26.3 Å². The molecule has 0 saturated heterocycles. The van der Waals surface area contributed by atoms with Gasteiger partial charge in [-0.15, -0.1) is 0 Å². The summed E-state index contributed by atoms with van der Waals surface area (Å²) in [6.45, 7) is 9.42. The van der Waals surface area contributed by atoms with Crippen LogP contribution in [0.4, 0.5) is 13.2 Å². The molecule has 0 fully saturated rings. The minimum atomic E-state index is -4.45. The van der Waals surface area contributed by atoms with Gasteiger partial charge in [0.05, 0.1) is 18.4 Å². The van der Waals surface area contributed by atoms with E-state index in [-0.39, 0.29) is 6.61 Å². The number of esters is 1. The minimum Gasteiger partial charge on any atom is -0.466 e. The average Bonchev–Trinajstić information content (AvgIpc) is 2.35. The number of carbonyl (C=O) groups excluding carboxylic acids is 1. The molecule has 0 aromatic carbocycles. The summed E-state index contributed by atoms with van der Waals surface area (Å²) in [6, 6.07) is 0. The van der Waals surface area contributed by atoms with E-state index in [4.69, 9.17) is 4.74 Å². The van der Waals surface area contributed by atoms with Crippen LogP contribution in [0.5, 0.6) is 0 Å². The summed E-state index contributed by atoms with van der Waals surface area (Å²) in [5.74, 6) is -3.98. The van der Waals surface area contributed by atoms with Crippen molar-refractivity contribution in [2.24, 2.45) is 11.8 Å². The third-order valence-electron chi connectivity index (χ3n) is 2.98. The Morgan fingerprint density at radius 2 is 1.85 bits per heavy atom. The molecule has 0 saturated carbocycles. The first-order valence-electron chi connectivity index (χ1n) is 6.36. The van der Waals surface area contributed by atoms with Crippen LogP contribution in [0.25, 0.3) is 0 Å². The van der Waals surface area contributed by atoms with E-state index in [0.717, 1.165) is 12.5 Å². The standard InChI is InChI=1S/C15H21F3O2/c1-6-10(3)8-9-11(4)13(14(19)20-7-2)12(5)15(16,17)18/h6,8-9,12-13H,1,7H2,2-5H3/b10-8-,11-9+. The number of hydrogen-bond acceptors (Lipinski definition) is 2. The van der Waals surface area contributed by atoms with Crippen molar-refractivity contribution >= 4 is 5.97 Å². The maximum Gasteiger partial charge on any atom is 0.392 e. The molecule has 0 amide bonds. The SMILES string of the molecule is C=C/C(C)=C\C=C(/C)C(C(=O)OCC)C(C)C(F)(F)F. The predicted molar refractivity (Wildman–Crippen MR) is 73.1 cm³/mol. The van der Waals surface area contributed by atoms with Crippen LogP contribution in [0.1, 0.15) is 27.7 Å². The smallest absolute Gasteiger partial charge is 0.392 e. The lowest BCUT2D eigenvalue weighted by Gasteiger charge is -2.25. The first-order chi connectivity index (χ1) is 9.15. The normalized spacial score (nSPS) is 16.6. The van der Waals surface area contributed by atoms with Crippen molar-refractivity contribution in [2.75, 3.05) is 6.61 Å². The molecule has 2 nitrogen and oxygen atoms in total. The summed E-state index contributed by atoms with van der Waals surface area (Å²) in [5, 5.41) is 0. The molecule has 0 spiro atoms. The zero-order valence-corrected chi connectivity index (χ0v) is 12.3. The fourth-order valence-electron chi connectivity index (χ4n) is 1.64. The number of halogens is 3. The fourth-order valence-corrected chi connectivity index (χ4v) is 1.64. The van der Waals surface area contributed by atoms with Gasteiger partial charge in [-0.1, -0.05) is 42.9 Å². The summed E-state index contributed by atoms with van der Waals surface area (Å²) in [6.07, 6.45) is 0.249. The Morgan fingerprint density at radius 1 is 1.30 bits per heavy atom. The highest BCUT2D eigenvalue weighted by atomic mass is 19.4. The third-order valence-corrected chi connectivity index (χ3v) is 2.98. The van der Waals surface area contributed by atoms with Gasteiger partial charge in [-0.2, -0.15) is 13.2 Å². The van der Waals surface area contributed by atoms with Crippen LogP contribution < -0.4 is 0 Å². The number of ether oxygens (including phenoxy) is 1. The summed E-state index contributed by atoms with van der Waals surface area (Å²) in [4.78, 5) is 11.8. The van der Waals surface area contributed by atoms with Gasteiger partial charge in [0.1, 0.15) is 0 Å². The van der Waals surface area contributed by atoms with E-state index in [0.29, 0.717) is 5.57 Å². The van der Waals surface area contributed by atoms with Gasteiger partial charge in [-0.25, -0.2) is 0 Å².